The van der Waals surface area contributed by atoms with Crippen molar-refractivity contribution < 1.29 is 8.42 Å². The number of piperazine rings is 1. The van der Waals surface area contributed by atoms with Crippen LogP contribution in [0.1, 0.15) is 13.3 Å². The quantitative estimate of drug-likeness (QED) is 0.841. The van der Waals surface area contributed by atoms with Crippen LogP contribution in [0.5, 0.6) is 0 Å². The largest absolute Gasteiger partial charge is 0.301 e. The molecule has 1 unspecified atom stereocenters. The van der Waals surface area contributed by atoms with E-state index in [1.807, 2.05) is 0 Å². The summed E-state index contributed by atoms with van der Waals surface area (Å²) in [7, 11) is -1.31. The van der Waals surface area contributed by atoms with Crippen LogP contribution >= 0.6 is 15.9 Å². The molecule has 2 rings (SSSR count). The minimum Gasteiger partial charge on any atom is -0.301 e. The summed E-state index contributed by atoms with van der Waals surface area (Å²) < 4.78 is 27.6. The van der Waals surface area contributed by atoms with E-state index in [4.69, 9.17) is 0 Å². The van der Waals surface area contributed by atoms with Crippen LogP contribution in [0.3, 0.4) is 0 Å². The molecule has 1 aromatic rings. The summed E-state index contributed by atoms with van der Waals surface area (Å²) in [5.41, 5.74) is 0. The number of rotatable bonds is 3. The van der Waals surface area contributed by atoms with Crippen molar-refractivity contribution in [3.8, 4) is 0 Å². The van der Waals surface area contributed by atoms with Crippen molar-refractivity contribution in [2.24, 2.45) is 0 Å². The Balaban J connectivity index is 2.23. The van der Waals surface area contributed by atoms with E-state index in [0.717, 1.165) is 17.4 Å². The molecule has 0 radical (unpaired) electrons. The molecule has 0 spiro atoms. The third-order valence-corrected chi connectivity index (χ3v) is 6.07. The second-order valence-electron chi connectivity index (χ2n) is 4.86. The summed E-state index contributed by atoms with van der Waals surface area (Å²) in [5.74, 6) is 0. The first-order valence-electron chi connectivity index (χ1n) is 6.41. The van der Waals surface area contributed by atoms with Crippen LogP contribution in [-0.4, -0.2) is 50.3 Å². The van der Waals surface area contributed by atoms with Gasteiger partial charge in [0.1, 0.15) is 0 Å². The van der Waals surface area contributed by atoms with E-state index in [9.17, 15) is 8.42 Å². The molecule has 6 heteroatoms. The van der Waals surface area contributed by atoms with Crippen molar-refractivity contribution in [2.45, 2.75) is 24.3 Å². The summed E-state index contributed by atoms with van der Waals surface area (Å²) in [4.78, 5) is 2.60. The van der Waals surface area contributed by atoms with Gasteiger partial charge in [-0.1, -0.05) is 22.9 Å². The predicted molar refractivity (Wildman–Crippen MR) is 79.6 cm³/mol. The maximum atomic E-state index is 12.6. The van der Waals surface area contributed by atoms with Crippen LogP contribution in [0.2, 0.25) is 0 Å². The van der Waals surface area contributed by atoms with Crippen molar-refractivity contribution >= 4 is 26.0 Å². The van der Waals surface area contributed by atoms with Gasteiger partial charge in [0, 0.05) is 30.1 Å². The third-order valence-electron chi connectivity index (χ3n) is 3.66. The number of benzene rings is 1. The van der Waals surface area contributed by atoms with Gasteiger partial charge < -0.3 is 4.90 Å². The molecule has 0 amide bonds. The second-order valence-corrected chi connectivity index (χ2v) is 7.71. The molecular formula is C13H19BrN2O2S. The number of hydrogen-bond acceptors (Lipinski definition) is 3. The van der Waals surface area contributed by atoms with Crippen molar-refractivity contribution in [1.29, 1.82) is 0 Å². The first kappa shape index (κ1) is 15.0. The smallest absolute Gasteiger partial charge is 0.243 e. The molecule has 19 heavy (non-hydrogen) atoms. The van der Waals surface area contributed by atoms with Gasteiger partial charge in [0.2, 0.25) is 10.0 Å². The summed E-state index contributed by atoms with van der Waals surface area (Å²) in [5, 5.41) is 0. The highest BCUT2D eigenvalue weighted by Crippen LogP contribution is 2.22. The van der Waals surface area contributed by atoms with E-state index in [-0.39, 0.29) is 0 Å². The van der Waals surface area contributed by atoms with Crippen molar-refractivity contribution in [3.05, 3.63) is 28.7 Å². The Labute approximate surface area is 123 Å². The maximum absolute atomic E-state index is 12.6. The number of likely N-dealkylation sites (N-methyl/N-ethyl adjacent to an activating group) is 1. The SMILES string of the molecule is CCC1CN(S(=O)(=O)c2ccc(Br)cc2)CCN1C. The minimum absolute atomic E-state index is 0.305. The number of nitrogens with zero attached hydrogens (tertiary/aromatic N) is 2. The highest BCUT2D eigenvalue weighted by molar-refractivity contribution is 9.10. The Bertz CT molecular complexity index is 530. The predicted octanol–water partition coefficient (Wildman–Crippen LogP) is 2.16. The first-order valence-corrected chi connectivity index (χ1v) is 8.64. The number of hydrogen-bond donors (Lipinski definition) is 0. The van der Waals surface area contributed by atoms with Crippen LogP contribution in [0.15, 0.2) is 33.6 Å². The Morgan fingerprint density at radius 2 is 1.89 bits per heavy atom. The maximum Gasteiger partial charge on any atom is 0.243 e. The van der Waals surface area contributed by atoms with Gasteiger partial charge in [0.05, 0.1) is 4.90 Å². The van der Waals surface area contributed by atoms with Crippen LogP contribution in [-0.2, 0) is 10.0 Å². The molecule has 0 saturated carbocycles. The fourth-order valence-electron chi connectivity index (χ4n) is 2.33. The van der Waals surface area contributed by atoms with Crippen molar-refractivity contribution in [2.75, 3.05) is 26.7 Å². The van der Waals surface area contributed by atoms with E-state index in [1.165, 1.54) is 0 Å². The topological polar surface area (TPSA) is 40.6 Å². The van der Waals surface area contributed by atoms with Gasteiger partial charge in [0.15, 0.2) is 0 Å². The Morgan fingerprint density at radius 3 is 2.47 bits per heavy atom. The summed E-state index contributed by atoms with van der Waals surface area (Å²) in [6.45, 7) is 4.02. The van der Waals surface area contributed by atoms with E-state index in [2.05, 4.69) is 34.8 Å². The molecule has 1 atom stereocenters. The molecule has 1 aromatic carbocycles. The van der Waals surface area contributed by atoms with Crippen molar-refractivity contribution in [3.63, 3.8) is 0 Å². The zero-order chi connectivity index (χ0) is 14.0. The molecule has 1 aliphatic heterocycles. The lowest BCUT2D eigenvalue weighted by atomic mass is 10.1. The fourth-order valence-corrected chi connectivity index (χ4v) is 4.07. The van der Waals surface area contributed by atoms with Gasteiger partial charge in [-0.25, -0.2) is 8.42 Å². The van der Waals surface area contributed by atoms with E-state index >= 15 is 0 Å². The molecule has 1 aliphatic rings. The van der Waals surface area contributed by atoms with Gasteiger partial charge in [-0.3, -0.25) is 0 Å². The summed E-state index contributed by atoms with van der Waals surface area (Å²) in [6.07, 6.45) is 0.961. The second kappa shape index (κ2) is 5.91. The van der Waals surface area contributed by atoms with Crippen LogP contribution < -0.4 is 0 Å². The average molecular weight is 347 g/mol. The lowest BCUT2D eigenvalue weighted by Gasteiger charge is -2.38. The molecule has 0 aromatic heterocycles. The normalized spacial score (nSPS) is 22.6. The number of halogens is 1. The van der Waals surface area contributed by atoms with E-state index < -0.39 is 10.0 Å². The Hall–Kier alpha value is -0.430. The molecule has 4 nitrogen and oxygen atoms in total. The zero-order valence-corrected chi connectivity index (χ0v) is 13.6. The monoisotopic (exact) mass is 346 g/mol. The highest BCUT2D eigenvalue weighted by atomic mass is 79.9. The van der Waals surface area contributed by atoms with Gasteiger partial charge >= 0.3 is 0 Å². The third kappa shape index (κ3) is 3.18. The molecule has 1 heterocycles. The Morgan fingerprint density at radius 1 is 1.26 bits per heavy atom. The summed E-state index contributed by atoms with van der Waals surface area (Å²) >= 11 is 3.32. The standard InChI is InChI=1S/C13H19BrN2O2S/c1-3-12-10-16(9-8-15(12)2)19(17,18)13-6-4-11(14)5-7-13/h4-7,12H,3,8-10H2,1-2H3. The van der Waals surface area contributed by atoms with Gasteiger partial charge in [-0.05, 0) is 37.7 Å². The molecular weight excluding hydrogens is 328 g/mol. The molecule has 1 saturated heterocycles. The van der Waals surface area contributed by atoms with Crippen LogP contribution in [0.25, 0.3) is 0 Å². The van der Waals surface area contributed by atoms with Gasteiger partial charge in [-0.2, -0.15) is 4.31 Å². The number of sulfonamides is 1. The molecule has 0 bridgehead atoms. The Kier molecular flexibility index (Phi) is 4.66. The van der Waals surface area contributed by atoms with Crippen molar-refractivity contribution in [1.82, 2.24) is 9.21 Å². The molecule has 0 aliphatic carbocycles. The minimum atomic E-state index is -3.36. The average Bonchev–Trinajstić information content (AvgIpc) is 2.39. The van der Waals surface area contributed by atoms with E-state index in [1.54, 1.807) is 28.6 Å². The molecule has 1 fully saturated rings. The summed E-state index contributed by atoms with van der Waals surface area (Å²) in [6, 6.07) is 7.14. The van der Waals surface area contributed by atoms with Crippen LogP contribution in [0.4, 0.5) is 0 Å². The molecule has 0 N–H and O–H groups in total. The molecule has 106 valence electrons. The fraction of sp³-hybridized carbons (Fsp3) is 0.538. The van der Waals surface area contributed by atoms with Gasteiger partial charge in [0.25, 0.3) is 0 Å². The lowest BCUT2D eigenvalue weighted by Crippen LogP contribution is -2.52. The van der Waals surface area contributed by atoms with E-state index in [0.29, 0.717) is 24.0 Å². The first-order chi connectivity index (χ1) is 8.95. The van der Waals surface area contributed by atoms with Crippen LogP contribution in [0, 0.1) is 0 Å². The lowest BCUT2D eigenvalue weighted by molar-refractivity contribution is 0.144. The zero-order valence-electron chi connectivity index (χ0n) is 11.2. The van der Waals surface area contributed by atoms with Gasteiger partial charge in [-0.15, -0.1) is 0 Å². The highest BCUT2D eigenvalue weighted by Gasteiger charge is 2.31.